The zero-order chi connectivity index (χ0) is 32.9. The number of imidazole rings is 1. The Morgan fingerprint density at radius 1 is 1.18 bits per heavy atom. The predicted octanol–water partition coefficient (Wildman–Crippen LogP) is 6.89. The number of fused-ring (bicyclic) bond motifs is 2. The number of para-hydroxylation sites is 1. The van der Waals surface area contributed by atoms with Crippen LogP contribution in [-0.2, 0) is 23.4 Å². The molecule has 4 heterocycles. The van der Waals surface area contributed by atoms with Crippen molar-refractivity contribution in [2.45, 2.75) is 56.9 Å². The summed E-state index contributed by atoms with van der Waals surface area (Å²) < 4.78 is 43.0. The number of carbonyl (C=O) groups is 1. The maximum Gasteiger partial charge on any atom is 0.335 e. The Labute approximate surface area is 266 Å². The van der Waals surface area contributed by atoms with Gasteiger partial charge >= 0.3 is 5.97 Å². The fourth-order valence-corrected chi connectivity index (χ4v) is 6.80. The lowest BCUT2D eigenvalue weighted by molar-refractivity contribution is -0.0592. The zero-order valence-corrected chi connectivity index (χ0v) is 25.2. The third-order valence-electron chi connectivity index (χ3n) is 9.21. The van der Waals surface area contributed by atoms with Gasteiger partial charge in [-0.1, -0.05) is 35.9 Å². The molecule has 4 aromatic rings. The Kier molecular flexibility index (Phi) is 6.70. The topological polar surface area (TPSA) is 86.1 Å². The highest BCUT2D eigenvalue weighted by molar-refractivity contribution is 6.30. The van der Waals surface area contributed by atoms with E-state index in [1.54, 1.807) is 30.3 Å². The molecule has 228 valence electrons. The number of carboxylic acids is 1. The molecule has 3 aliphatic rings. The number of nitrogens with zero attached hydrogens (tertiary/aromatic N) is 3. The minimum absolute atomic E-state index is 0.110. The fraction of sp³-hybridized carbons (Fsp3) is 0.371. The first-order valence-corrected chi connectivity index (χ1v) is 15.4. The van der Waals surface area contributed by atoms with Crippen LogP contribution in [-0.4, -0.2) is 58.4 Å². The van der Waals surface area contributed by atoms with Crippen LogP contribution in [0.4, 0.5) is 0 Å². The maximum absolute atomic E-state index is 11.7. The lowest BCUT2D eigenvalue weighted by Gasteiger charge is -2.37. The summed E-state index contributed by atoms with van der Waals surface area (Å²) in [5.41, 5.74) is 3.56. The van der Waals surface area contributed by atoms with E-state index in [0.717, 1.165) is 72.7 Å². The molecule has 9 heteroatoms. The molecule has 0 spiro atoms. The number of halogens is 1. The van der Waals surface area contributed by atoms with Crippen molar-refractivity contribution in [2.24, 2.45) is 0 Å². The number of likely N-dealkylation sites (tertiary alicyclic amines) is 1. The van der Waals surface area contributed by atoms with Crippen molar-refractivity contribution >= 4 is 34.7 Å². The van der Waals surface area contributed by atoms with E-state index < -0.39 is 18.6 Å². The Hall–Kier alpha value is -3.85. The molecule has 2 saturated heterocycles. The van der Waals surface area contributed by atoms with E-state index in [1.807, 2.05) is 25.1 Å². The van der Waals surface area contributed by atoms with Crippen molar-refractivity contribution in [1.82, 2.24) is 14.5 Å². The van der Waals surface area contributed by atoms with Gasteiger partial charge in [-0.05, 0) is 93.2 Å². The minimum Gasteiger partial charge on any atom is -0.496 e. The number of benzene rings is 3. The third kappa shape index (κ3) is 5.36. The lowest BCUT2D eigenvalue weighted by Crippen LogP contribution is -2.35. The van der Waals surface area contributed by atoms with Gasteiger partial charge in [0.15, 0.2) is 5.60 Å². The summed E-state index contributed by atoms with van der Waals surface area (Å²) in [6.45, 7) is 5.68. The Bertz CT molecular complexity index is 1860. The fourth-order valence-electron chi connectivity index (χ4n) is 6.64. The summed E-state index contributed by atoms with van der Waals surface area (Å²) >= 11 is 6.22. The molecular weight excluding hydrogens is 578 g/mol. The summed E-state index contributed by atoms with van der Waals surface area (Å²) in [4.78, 5) is 19.0. The number of ether oxygens (including phenoxy) is 3. The van der Waals surface area contributed by atoms with Gasteiger partial charge in [-0.15, -0.1) is 0 Å². The molecule has 1 aromatic heterocycles. The molecule has 0 saturated carbocycles. The molecule has 1 N–H and O–H groups in total. The summed E-state index contributed by atoms with van der Waals surface area (Å²) in [6, 6.07) is 16.3. The molecule has 0 aliphatic carbocycles. The van der Waals surface area contributed by atoms with Gasteiger partial charge in [0.1, 0.15) is 17.3 Å². The van der Waals surface area contributed by atoms with Crippen molar-refractivity contribution in [2.75, 3.05) is 26.7 Å². The van der Waals surface area contributed by atoms with Crippen molar-refractivity contribution in [1.29, 1.82) is 0 Å². The number of aromatic carboxylic acids is 1. The lowest BCUT2D eigenvalue weighted by atomic mass is 9.85. The molecule has 0 unspecified atom stereocenters. The second kappa shape index (κ2) is 11.6. The standard InChI is InChI=1S/C35H36ClN3O5/c1-35(28-8-7-25(36)19-31(28)42-2)14-10-23-4-3-5-27(33(23)44-35)22-11-15-38(16-12-22)21-32-37-29-9-6-24(34(40)41)18-30(29)39(32)20-26-13-17-43-26/h3-10,14,18-19,22,26H,11-13,15-17,20-21H2,1-2H3,(H,40,41)/t26-,35+/m0/s1/i2D3. The van der Waals surface area contributed by atoms with Gasteiger partial charge < -0.3 is 23.9 Å². The van der Waals surface area contributed by atoms with Crippen LogP contribution in [0.15, 0.2) is 60.7 Å². The number of hydrogen-bond acceptors (Lipinski definition) is 6. The largest absolute Gasteiger partial charge is 0.496 e. The van der Waals surface area contributed by atoms with Crippen LogP contribution in [0, 0.1) is 0 Å². The van der Waals surface area contributed by atoms with E-state index in [0.29, 0.717) is 23.7 Å². The molecule has 3 aliphatic heterocycles. The van der Waals surface area contributed by atoms with Crippen LogP contribution in [0.5, 0.6) is 11.5 Å². The summed E-state index contributed by atoms with van der Waals surface area (Å²) in [7, 11) is -2.64. The van der Waals surface area contributed by atoms with Crippen LogP contribution in [0.3, 0.4) is 0 Å². The second-order valence-corrected chi connectivity index (χ2v) is 12.5. The highest BCUT2D eigenvalue weighted by atomic mass is 35.5. The molecule has 0 amide bonds. The second-order valence-electron chi connectivity index (χ2n) is 12.0. The highest BCUT2D eigenvalue weighted by Crippen LogP contribution is 2.46. The number of carboxylic acid groups (broad SMARTS) is 1. The van der Waals surface area contributed by atoms with Gasteiger partial charge in [0.05, 0.1) is 46.9 Å². The average Bonchev–Trinajstić information content (AvgIpc) is 3.34. The Balaban J connectivity index is 1.10. The molecule has 2 atom stereocenters. The van der Waals surface area contributed by atoms with Crippen molar-refractivity contribution < 1.29 is 28.2 Å². The monoisotopic (exact) mass is 616 g/mol. The molecule has 0 bridgehead atoms. The van der Waals surface area contributed by atoms with Crippen molar-refractivity contribution in [3.63, 3.8) is 0 Å². The normalized spacial score (nSPS) is 23.2. The van der Waals surface area contributed by atoms with Gasteiger partial charge in [-0.3, -0.25) is 4.90 Å². The quantitative estimate of drug-likeness (QED) is 0.231. The van der Waals surface area contributed by atoms with Crippen LogP contribution >= 0.6 is 11.6 Å². The zero-order valence-electron chi connectivity index (χ0n) is 27.5. The van der Waals surface area contributed by atoms with Crippen LogP contribution in [0.2, 0.25) is 5.02 Å². The number of piperidine rings is 1. The molecule has 0 radical (unpaired) electrons. The Morgan fingerprint density at radius 2 is 2.02 bits per heavy atom. The van der Waals surface area contributed by atoms with Gasteiger partial charge in [0.25, 0.3) is 0 Å². The first kappa shape index (κ1) is 25.5. The van der Waals surface area contributed by atoms with Crippen molar-refractivity contribution in [3.8, 4) is 11.5 Å². The maximum atomic E-state index is 11.7. The molecule has 7 rings (SSSR count). The van der Waals surface area contributed by atoms with Crippen LogP contribution < -0.4 is 9.47 Å². The molecule has 2 fully saturated rings. The van der Waals surface area contributed by atoms with Crippen LogP contribution in [0.1, 0.15) is 69.1 Å². The molecule has 44 heavy (non-hydrogen) atoms. The minimum atomic E-state index is -2.64. The summed E-state index contributed by atoms with van der Waals surface area (Å²) in [6.07, 6.45) is 6.88. The van der Waals surface area contributed by atoms with E-state index in [4.69, 9.17) is 34.9 Å². The third-order valence-corrected chi connectivity index (χ3v) is 9.44. The number of aromatic nitrogens is 2. The smallest absolute Gasteiger partial charge is 0.335 e. The summed E-state index contributed by atoms with van der Waals surface area (Å²) in [5, 5.41) is 9.95. The van der Waals surface area contributed by atoms with E-state index in [9.17, 15) is 9.90 Å². The predicted molar refractivity (Wildman–Crippen MR) is 170 cm³/mol. The highest BCUT2D eigenvalue weighted by Gasteiger charge is 2.35. The first-order valence-electron chi connectivity index (χ1n) is 16.5. The first-order chi connectivity index (χ1) is 22.5. The van der Waals surface area contributed by atoms with E-state index >= 15 is 0 Å². The molecule has 8 nitrogen and oxygen atoms in total. The molecule has 3 aromatic carbocycles. The van der Waals surface area contributed by atoms with E-state index in [1.165, 1.54) is 6.07 Å². The van der Waals surface area contributed by atoms with Gasteiger partial charge in [-0.25, -0.2) is 9.78 Å². The SMILES string of the molecule is [2H]C([2H])([2H])Oc1cc(Cl)ccc1[C@@]1(C)C=Cc2cccc(C3CCN(Cc4nc5ccc(C(=O)O)cc5n4C[C@@H]4CCO4)CC3)c2O1. The molecular formula is C35H36ClN3O5. The summed E-state index contributed by atoms with van der Waals surface area (Å²) in [5.74, 6) is 1.18. The van der Waals surface area contributed by atoms with E-state index in [-0.39, 0.29) is 23.3 Å². The van der Waals surface area contributed by atoms with E-state index in [2.05, 4.69) is 21.6 Å². The van der Waals surface area contributed by atoms with Gasteiger partial charge in [0, 0.05) is 22.8 Å². The van der Waals surface area contributed by atoms with Crippen molar-refractivity contribution in [3.05, 3.63) is 93.8 Å². The van der Waals surface area contributed by atoms with Gasteiger partial charge in [0.2, 0.25) is 0 Å². The van der Waals surface area contributed by atoms with Crippen LogP contribution in [0.25, 0.3) is 17.1 Å². The number of rotatable bonds is 8. The van der Waals surface area contributed by atoms with Gasteiger partial charge in [-0.2, -0.15) is 0 Å². The average molecular weight is 617 g/mol. The Morgan fingerprint density at radius 3 is 2.77 bits per heavy atom. The number of methoxy groups -OCH3 is 1. The number of hydrogen-bond donors (Lipinski definition) is 1.